The van der Waals surface area contributed by atoms with Crippen LogP contribution in [0.15, 0.2) is 30.3 Å². The van der Waals surface area contributed by atoms with Gasteiger partial charge in [0.2, 0.25) is 15.9 Å². The second kappa shape index (κ2) is 10.7. The van der Waals surface area contributed by atoms with Crippen LogP contribution < -0.4 is 5.32 Å². The average Bonchev–Trinajstić information content (AvgIpc) is 2.71. The summed E-state index contributed by atoms with van der Waals surface area (Å²) in [7, 11) is -2.09. The first-order valence-corrected chi connectivity index (χ1v) is 11.5. The van der Waals surface area contributed by atoms with Gasteiger partial charge in [0.15, 0.2) is 0 Å². The van der Waals surface area contributed by atoms with Crippen molar-refractivity contribution in [2.24, 2.45) is 5.92 Å². The summed E-state index contributed by atoms with van der Waals surface area (Å²) in [4.78, 5) is 26.2. The first kappa shape index (κ1) is 23.3. The molecule has 0 bridgehead atoms. The normalized spacial score (nSPS) is 18.0. The molecule has 0 spiro atoms. The summed E-state index contributed by atoms with van der Waals surface area (Å²) in [5.74, 6) is -0.776. The number of benzene rings is 1. The lowest BCUT2D eigenvalue weighted by Gasteiger charge is -2.34. The molecule has 162 valence electrons. The van der Waals surface area contributed by atoms with Crippen LogP contribution in [0.2, 0.25) is 0 Å². The van der Waals surface area contributed by atoms with E-state index in [0.29, 0.717) is 26.2 Å². The number of piperazine rings is 1. The van der Waals surface area contributed by atoms with Crippen molar-refractivity contribution >= 4 is 21.9 Å². The SMILES string of the molecule is CC[C@H](C)[C@@H](NC(=O)CN1CCN(S(=O)(=O)Cc2ccccc2)CC1)C(=O)OC. The maximum atomic E-state index is 12.6. The molecule has 1 heterocycles. The third kappa shape index (κ3) is 6.80. The maximum Gasteiger partial charge on any atom is 0.328 e. The van der Waals surface area contributed by atoms with Gasteiger partial charge in [-0.2, -0.15) is 4.31 Å². The van der Waals surface area contributed by atoms with E-state index in [2.05, 4.69) is 5.32 Å². The van der Waals surface area contributed by atoms with Crippen LogP contribution in [0.25, 0.3) is 0 Å². The monoisotopic (exact) mass is 425 g/mol. The first-order chi connectivity index (χ1) is 13.8. The van der Waals surface area contributed by atoms with Gasteiger partial charge in [0.1, 0.15) is 6.04 Å². The Morgan fingerprint density at radius 3 is 2.31 bits per heavy atom. The molecule has 1 fully saturated rings. The molecule has 1 amide bonds. The number of amides is 1. The number of ether oxygens (including phenoxy) is 1. The molecule has 1 N–H and O–H groups in total. The highest BCUT2D eigenvalue weighted by Crippen LogP contribution is 2.14. The van der Waals surface area contributed by atoms with Crippen molar-refractivity contribution in [1.82, 2.24) is 14.5 Å². The number of nitrogens with zero attached hydrogens (tertiary/aromatic N) is 2. The highest BCUT2D eigenvalue weighted by Gasteiger charge is 2.30. The second-order valence-corrected chi connectivity index (χ2v) is 9.34. The van der Waals surface area contributed by atoms with Gasteiger partial charge >= 0.3 is 5.97 Å². The minimum absolute atomic E-state index is 0.0238. The Morgan fingerprint density at radius 1 is 1.14 bits per heavy atom. The number of esters is 1. The Morgan fingerprint density at radius 2 is 1.76 bits per heavy atom. The number of hydrogen-bond donors (Lipinski definition) is 1. The smallest absolute Gasteiger partial charge is 0.328 e. The Hall–Kier alpha value is -1.97. The summed E-state index contributed by atoms with van der Waals surface area (Å²) in [6, 6.07) is 8.42. The van der Waals surface area contributed by atoms with E-state index < -0.39 is 22.0 Å². The van der Waals surface area contributed by atoms with Crippen LogP contribution in [0.1, 0.15) is 25.8 Å². The molecule has 1 aliphatic rings. The van der Waals surface area contributed by atoms with Gasteiger partial charge in [-0.05, 0) is 11.5 Å². The molecule has 1 aromatic carbocycles. The standard InChI is InChI=1S/C20H31N3O5S/c1-4-16(2)19(20(25)28-3)21-18(24)14-22-10-12-23(13-11-22)29(26,27)15-17-8-6-5-7-9-17/h5-9,16,19H,4,10-15H2,1-3H3,(H,21,24)/t16-,19+/m0/s1. The summed E-state index contributed by atoms with van der Waals surface area (Å²) in [6.07, 6.45) is 0.734. The third-order valence-electron chi connectivity index (χ3n) is 5.27. The Bertz CT molecular complexity index is 777. The van der Waals surface area contributed by atoms with E-state index in [4.69, 9.17) is 4.74 Å². The molecule has 1 saturated heterocycles. The van der Waals surface area contributed by atoms with Crippen molar-refractivity contribution in [2.75, 3.05) is 39.8 Å². The molecule has 0 saturated carbocycles. The van der Waals surface area contributed by atoms with E-state index in [1.807, 2.05) is 36.9 Å². The van der Waals surface area contributed by atoms with Crippen LogP contribution in [-0.4, -0.2) is 75.4 Å². The van der Waals surface area contributed by atoms with Crippen molar-refractivity contribution in [3.05, 3.63) is 35.9 Å². The Balaban J connectivity index is 1.85. The molecule has 1 aromatic rings. The fraction of sp³-hybridized carbons (Fsp3) is 0.600. The average molecular weight is 426 g/mol. The highest BCUT2D eigenvalue weighted by molar-refractivity contribution is 7.88. The number of carbonyl (C=O) groups is 2. The fourth-order valence-electron chi connectivity index (χ4n) is 3.26. The van der Waals surface area contributed by atoms with Gasteiger partial charge in [0.25, 0.3) is 0 Å². The molecule has 0 radical (unpaired) electrons. The van der Waals surface area contributed by atoms with Gasteiger partial charge in [0, 0.05) is 26.2 Å². The van der Waals surface area contributed by atoms with Gasteiger partial charge in [-0.3, -0.25) is 9.69 Å². The molecule has 2 rings (SSSR count). The van der Waals surface area contributed by atoms with Crippen LogP contribution in [0.3, 0.4) is 0 Å². The Kier molecular flexibility index (Phi) is 8.60. The van der Waals surface area contributed by atoms with Gasteiger partial charge < -0.3 is 10.1 Å². The van der Waals surface area contributed by atoms with Gasteiger partial charge in [-0.1, -0.05) is 50.6 Å². The molecule has 0 aromatic heterocycles. The van der Waals surface area contributed by atoms with Crippen LogP contribution >= 0.6 is 0 Å². The second-order valence-electron chi connectivity index (χ2n) is 7.37. The number of rotatable bonds is 9. The molecule has 0 aliphatic carbocycles. The zero-order chi connectivity index (χ0) is 21.4. The summed E-state index contributed by atoms with van der Waals surface area (Å²) in [5, 5.41) is 2.75. The molecule has 8 nitrogen and oxygen atoms in total. The molecule has 1 aliphatic heterocycles. The van der Waals surface area contributed by atoms with E-state index in [-0.39, 0.29) is 24.1 Å². The third-order valence-corrected chi connectivity index (χ3v) is 7.12. The fourth-order valence-corrected chi connectivity index (χ4v) is 4.78. The van der Waals surface area contributed by atoms with Crippen molar-refractivity contribution in [3.8, 4) is 0 Å². The van der Waals surface area contributed by atoms with E-state index in [1.165, 1.54) is 11.4 Å². The van der Waals surface area contributed by atoms with Gasteiger partial charge in [-0.15, -0.1) is 0 Å². The summed E-state index contributed by atoms with van der Waals surface area (Å²) >= 11 is 0. The molecule has 9 heteroatoms. The van der Waals surface area contributed by atoms with E-state index in [0.717, 1.165) is 12.0 Å². The lowest BCUT2D eigenvalue weighted by atomic mass is 9.99. The molecular weight excluding hydrogens is 394 g/mol. The molecule has 2 atom stereocenters. The summed E-state index contributed by atoms with van der Waals surface area (Å²) < 4.78 is 31.5. The predicted molar refractivity (Wildman–Crippen MR) is 110 cm³/mol. The van der Waals surface area contributed by atoms with Crippen LogP contribution in [0, 0.1) is 5.92 Å². The maximum absolute atomic E-state index is 12.6. The zero-order valence-corrected chi connectivity index (χ0v) is 18.2. The number of carbonyl (C=O) groups excluding carboxylic acids is 2. The Labute approximate surface area is 173 Å². The van der Waals surface area contributed by atoms with Crippen molar-refractivity contribution in [3.63, 3.8) is 0 Å². The van der Waals surface area contributed by atoms with E-state index in [9.17, 15) is 18.0 Å². The predicted octanol–water partition coefficient (Wildman–Crippen LogP) is 0.838. The van der Waals surface area contributed by atoms with Gasteiger partial charge in [-0.25, -0.2) is 13.2 Å². The van der Waals surface area contributed by atoms with E-state index >= 15 is 0 Å². The minimum Gasteiger partial charge on any atom is -0.467 e. The lowest BCUT2D eigenvalue weighted by molar-refractivity contribution is -0.146. The highest BCUT2D eigenvalue weighted by atomic mass is 32.2. The zero-order valence-electron chi connectivity index (χ0n) is 17.3. The van der Waals surface area contributed by atoms with Crippen molar-refractivity contribution < 1.29 is 22.7 Å². The molecular formula is C20H31N3O5S. The quantitative estimate of drug-likeness (QED) is 0.589. The van der Waals surface area contributed by atoms with Gasteiger partial charge in [0.05, 0.1) is 19.4 Å². The molecule has 29 heavy (non-hydrogen) atoms. The lowest BCUT2D eigenvalue weighted by Crippen LogP contribution is -2.53. The number of hydrogen-bond acceptors (Lipinski definition) is 6. The minimum atomic E-state index is -3.39. The largest absolute Gasteiger partial charge is 0.467 e. The van der Waals surface area contributed by atoms with Crippen molar-refractivity contribution in [2.45, 2.75) is 32.1 Å². The van der Waals surface area contributed by atoms with Crippen LogP contribution in [-0.2, 0) is 30.1 Å². The van der Waals surface area contributed by atoms with E-state index in [1.54, 1.807) is 12.1 Å². The number of nitrogens with one attached hydrogen (secondary N) is 1. The molecule has 0 unspecified atom stereocenters. The number of methoxy groups -OCH3 is 1. The first-order valence-electron chi connectivity index (χ1n) is 9.88. The number of sulfonamides is 1. The van der Waals surface area contributed by atoms with Crippen molar-refractivity contribution in [1.29, 1.82) is 0 Å². The summed E-state index contributed by atoms with van der Waals surface area (Å²) in [5.41, 5.74) is 0.758. The van der Waals surface area contributed by atoms with Crippen LogP contribution in [0.5, 0.6) is 0 Å². The summed E-state index contributed by atoms with van der Waals surface area (Å²) in [6.45, 7) is 5.57. The van der Waals surface area contributed by atoms with Crippen LogP contribution in [0.4, 0.5) is 0 Å². The topological polar surface area (TPSA) is 96.0 Å².